The lowest BCUT2D eigenvalue weighted by Gasteiger charge is -2.19. The van der Waals surface area contributed by atoms with Gasteiger partial charge in [-0.2, -0.15) is 0 Å². The molecule has 0 spiro atoms. The second kappa shape index (κ2) is 5.10. The molecule has 0 saturated carbocycles. The van der Waals surface area contributed by atoms with Crippen LogP contribution in [-0.2, 0) is 6.54 Å². The fraction of sp³-hybridized carbons (Fsp3) is 0.667. The van der Waals surface area contributed by atoms with Crippen LogP contribution in [0.25, 0.3) is 0 Å². The van der Waals surface area contributed by atoms with Crippen molar-refractivity contribution in [1.82, 2.24) is 9.80 Å². The third-order valence-electron chi connectivity index (χ3n) is 3.15. The van der Waals surface area contributed by atoms with Crippen molar-refractivity contribution in [1.29, 1.82) is 0 Å². The molecule has 2 heterocycles. The van der Waals surface area contributed by atoms with Crippen molar-refractivity contribution in [2.24, 2.45) is 0 Å². The zero-order valence-electron chi connectivity index (χ0n) is 9.70. The van der Waals surface area contributed by atoms with Gasteiger partial charge in [0.25, 0.3) is 0 Å². The second-order valence-corrected chi connectivity index (χ2v) is 5.46. The molecule has 0 aliphatic carbocycles. The Morgan fingerprint density at radius 2 is 2.13 bits per heavy atom. The van der Waals surface area contributed by atoms with E-state index in [1.165, 1.54) is 38.2 Å². The number of nitrogens with zero attached hydrogens (tertiary/aromatic N) is 2. The Morgan fingerprint density at radius 3 is 2.87 bits per heavy atom. The first kappa shape index (κ1) is 11.1. The van der Waals surface area contributed by atoms with Gasteiger partial charge in [0.2, 0.25) is 0 Å². The highest BCUT2D eigenvalue weighted by Gasteiger charge is 2.13. The third-order valence-corrected chi connectivity index (χ3v) is 4.16. The Morgan fingerprint density at radius 1 is 1.27 bits per heavy atom. The molecule has 3 heteroatoms. The number of likely N-dealkylation sites (N-methyl/N-ethyl adjacent to an activating group) is 1. The Labute approximate surface area is 96.5 Å². The van der Waals surface area contributed by atoms with E-state index in [1.54, 1.807) is 4.88 Å². The smallest absolute Gasteiger partial charge is 0.0331 e. The molecule has 84 valence electrons. The van der Waals surface area contributed by atoms with E-state index < -0.39 is 0 Å². The summed E-state index contributed by atoms with van der Waals surface area (Å²) in [4.78, 5) is 6.56. The predicted octanol–water partition coefficient (Wildman–Crippen LogP) is 2.19. The van der Waals surface area contributed by atoms with E-state index in [0.717, 1.165) is 6.54 Å². The lowest BCUT2D eigenvalue weighted by atomic mass is 10.2. The van der Waals surface area contributed by atoms with E-state index in [0.29, 0.717) is 0 Å². The summed E-state index contributed by atoms with van der Waals surface area (Å²) >= 11 is 1.90. The van der Waals surface area contributed by atoms with Crippen LogP contribution in [0.1, 0.15) is 16.9 Å². The number of hydrogen-bond donors (Lipinski definition) is 0. The first-order chi connectivity index (χ1) is 7.25. The third kappa shape index (κ3) is 3.03. The van der Waals surface area contributed by atoms with E-state index in [4.69, 9.17) is 0 Å². The van der Waals surface area contributed by atoms with Gasteiger partial charge in [0.05, 0.1) is 0 Å². The van der Waals surface area contributed by atoms with Crippen LogP contribution in [0, 0.1) is 6.92 Å². The van der Waals surface area contributed by atoms with Crippen molar-refractivity contribution in [2.45, 2.75) is 19.9 Å². The molecule has 1 saturated heterocycles. The Balaban J connectivity index is 1.92. The molecule has 2 rings (SSSR count). The van der Waals surface area contributed by atoms with Gasteiger partial charge < -0.3 is 4.90 Å². The van der Waals surface area contributed by atoms with Gasteiger partial charge in [-0.3, -0.25) is 4.90 Å². The predicted molar refractivity (Wildman–Crippen MR) is 66.4 cm³/mol. The molecule has 0 unspecified atom stereocenters. The highest BCUT2D eigenvalue weighted by molar-refractivity contribution is 7.10. The van der Waals surface area contributed by atoms with Crippen LogP contribution in [0.3, 0.4) is 0 Å². The quantitative estimate of drug-likeness (QED) is 0.760. The van der Waals surface area contributed by atoms with Gasteiger partial charge in [-0.1, -0.05) is 0 Å². The van der Waals surface area contributed by atoms with Crippen molar-refractivity contribution < 1.29 is 0 Å². The summed E-state index contributed by atoms with van der Waals surface area (Å²) < 4.78 is 0. The minimum atomic E-state index is 1.15. The lowest BCUT2D eigenvalue weighted by Crippen LogP contribution is -2.28. The molecular formula is C12H20N2S. The van der Waals surface area contributed by atoms with Crippen LogP contribution in [0.4, 0.5) is 0 Å². The van der Waals surface area contributed by atoms with Gasteiger partial charge in [-0.05, 0) is 50.5 Å². The molecule has 0 atom stereocenters. The highest BCUT2D eigenvalue weighted by Crippen LogP contribution is 2.18. The summed E-state index contributed by atoms with van der Waals surface area (Å²) in [5.74, 6) is 0. The van der Waals surface area contributed by atoms with E-state index >= 15 is 0 Å². The van der Waals surface area contributed by atoms with Crippen molar-refractivity contribution in [2.75, 3.05) is 33.2 Å². The summed E-state index contributed by atoms with van der Waals surface area (Å²) in [5.41, 5.74) is 1.46. The van der Waals surface area contributed by atoms with Gasteiger partial charge in [-0.15, -0.1) is 11.3 Å². The summed E-state index contributed by atoms with van der Waals surface area (Å²) in [7, 11) is 2.22. The topological polar surface area (TPSA) is 6.48 Å². The van der Waals surface area contributed by atoms with Crippen LogP contribution in [0.5, 0.6) is 0 Å². The van der Waals surface area contributed by atoms with Crippen molar-refractivity contribution in [3.05, 3.63) is 21.9 Å². The Kier molecular flexibility index (Phi) is 3.78. The Hall–Kier alpha value is -0.380. The molecule has 1 fully saturated rings. The zero-order chi connectivity index (χ0) is 10.7. The molecule has 0 radical (unpaired) electrons. The van der Waals surface area contributed by atoms with Crippen LogP contribution >= 0.6 is 11.3 Å². The summed E-state index contributed by atoms with van der Waals surface area (Å²) in [5, 5.41) is 2.20. The van der Waals surface area contributed by atoms with E-state index in [9.17, 15) is 0 Å². The SMILES string of the molecule is Cc1ccsc1CN1CCCN(C)CC1. The number of thiophene rings is 1. The van der Waals surface area contributed by atoms with Crippen molar-refractivity contribution >= 4 is 11.3 Å². The number of aryl methyl sites for hydroxylation is 1. The average molecular weight is 224 g/mol. The fourth-order valence-corrected chi connectivity index (χ4v) is 2.97. The van der Waals surface area contributed by atoms with Gasteiger partial charge in [-0.25, -0.2) is 0 Å². The molecular weight excluding hydrogens is 204 g/mol. The van der Waals surface area contributed by atoms with Gasteiger partial charge >= 0.3 is 0 Å². The van der Waals surface area contributed by atoms with Crippen LogP contribution in [-0.4, -0.2) is 43.0 Å². The molecule has 0 bridgehead atoms. The van der Waals surface area contributed by atoms with Gasteiger partial charge in [0, 0.05) is 24.5 Å². The highest BCUT2D eigenvalue weighted by atomic mass is 32.1. The first-order valence-corrected chi connectivity index (χ1v) is 6.57. The monoisotopic (exact) mass is 224 g/mol. The number of rotatable bonds is 2. The van der Waals surface area contributed by atoms with E-state index in [-0.39, 0.29) is 0 Å². The molecule has 1 aliphatic heterocycles. The summed E-state index contributed by atoms with van der Waals surface area (Å²) in [6, 6.07) is 2.23. The maximum absolute atomic E-state index is 2.59. The molecule has 1 aromatic heterocycles. The van der Waals surface area contributed by atoms with Crippen molar-refractivity contribution in [3.63, 3.8) is 0 Å². The normalized spacial score (nSPS) is 20.4. The van der Waals surface area contributed by atoms with Crippen LogP contribution in [0.2, 0.25) is 0 Å². The Bertz CT molecular complexity index is 308. The average Bonchev–Trinajstić information content (AvgIpc) is 2.48. The molecule has 2 nitrogen and oxygen atoms in total. The van der Waals surface area contributed by atoms with Gasteiger partial charge in [0.15, 0.2) is 0 Å². The van der Waals surface area contributed by atoms with Crippen molar-refractivity contribution in [3.8, 4) is 0 Å². The summed E-state index contributed by atoms with van der Waals surface area (Å²) in [6.07, 6.45) is 1.31. The molecule has 15 heavy (non-hydrogen) atoms. The maximum atomic E-state index is 2.59. The second-order valence-electron chi connectivity index (χ2n) is 4.46. The van der Waals surface area contributed by atoms with Gasteiger partial charge in [0.1, 0.15) is 0 Å². The first-order valence-electron chi connectivity index (χ1n) is 5.69. The molecule has 0 amide bonds. The zero-order valence-corrected chi connectivity index (χ0v) is 10.5. The molecule has 0 aromatic carbocycles. The maximum Gasteiger partial charge on any atom is 0.0331 e. The number of hydrogen-bond acceptors (Lipinski definition) is 3. The fourth-order valence-electron chi connectivity index (χ4n) is 2.03. The molecule has 1 aliphatic rings. The lowest BCUT2D eigenvalue weighted by molar-refractivity contribution is 0.271. The van der Waals surface area contributed by atoms with E-state index in [2.05, 4.69) is 35.2 Å². The van der Waals surface area contributed by atoms with E-state index in [1.807, 2.05) is 11.3 Å². The minimum absolute atomic E-state index is 1.15. The summed E-state index contributed by atoms with van der Waals surface area (Å²) in [6.45, 7) is 8.30. The standard InChI is InChI=1S/C12H20N2S/c1-11-4-9-15-12(11)10-14-6-3-5-13(2)7-8-14/h4,9H,3,5-8,10H2,1-2H3. The van der Waals surface area contributed by atoms with Crippen LogP contribution < -0.4 is 0 Å². The molecule has 0 N–H and O–H groups in total. The van der Waals surface area contributed by atoms with Crippen LogP contribution in [0.15, 0.2) is 11.4 Å². The minimum Gasteiger partial charge on any atom is -0.305 e. The largest absolute Gasteiger partial charge is 0.305 e. The molecule has 1 aromatic rings.